The molecule has 2 saturated carbocycles. The average molecular weight is 393 g/mol. The van der Waals surface area contributed by atoms with Gasteiger partial charge in [0, 0.05) is 37.7 Å². The van der Waals surface area contributed by atoms with Crippen molar-refractivity contribution >= 4 is 12.0 Å². The van der Waals surface area contributed by atoms with E-state index in [4.69, 9.17) is 0 Å². The second-order valence-corrected chi connectivity index (χ2v) is 8.56. The number of amides is 1. The number of pyridine rings is 1. The van der Waals surface area contributed by atoms with Crippen LogP contribution in [0.3, 0.4) is 0 Å². The van der Waals surface area contributed by atoms with E-state index in [1.165, 1.54) is 37.8 Å². The van der Waals surface area contributed by atoms with Crippen molar-refractivity contribution in [3.05, 3.63) is 60.2 Å². The van der Waals surface area contributed by atoms with Crippen LogP contribution in [0, 0.1) is 23.6 Å². The number of halogens is 1. The molecular formula is C25H29FN2O. The molecule has 3 nitrogen and oxygen atoms in total. The number of hydrogen-bond acceptors (Lipinski definition) is 2. The van der Waals surface area contributed by atoms with E-state index in [1.807, 2.05) is 30.1 Å². The fraction of sp³-hybridized carbons (Fsp3) is 0.440. The van der Waals surface area contributed by atoms with Crippen molar-refractivity contribution in [2.45, 2.75) is 45.1 Å². The lowest BCUT2D eigenvalue weighted by molar-refractivity contribution is -0.130. The molecule has 0 radical (unpaired) electrons. The Morgan fingerprint density at radius 1 is 1.17 bits per heavy atom. The van der Waals surface area contributed by atoms with Gasteiger partial charge in [0.1, 0.15) is 5.82 Å². The van der Waals surface area contributed by atoms with Crippen LogP contribution in [0.5, 0.6) is 0 Å². The SMILES string of the molecule is CC(=O)N(C)[C@H]1C[C@H]2CCCC[C@H]2[C@@H]1C=Cc1ccc(-c2cccc(F)c2)cn1. The summed E-state index contributed by atoms with van der Waals surface area (Å²) in [7, 11) is 1.94. The third-order valence-electron chi connectivity index (χ3n) is 6.88. The van der Waals surface area contributed by atoms with Gasteiger partial charge in [-0.1, -0.05) is 43.5 Å². The Morgan fingerprint density at radius 2 is 2.00 bits per heavy atom. The van der Waals surface area contributed by atoms with E-state index in [0.717, 1.165) is 29.2 Å². The molecule has 0 unspecified atom stereocenters. The zero-order valence-corrected chi connectivity index (χ0v) is 17.2. The highest BCUT2D eigenvalue weighted by Gasteiger charge is 2.44. The van der Waals surface area contributed by atoms with Crippen LogP contribution < -0.4 is 0 Å². The molecule has 0 spiro atoms. The average Bonchev–Trinajstić information content (AvgIpc) is 3.10. The molecule has 2 aliphatic rings. The fourth-order valence-electron chi connectivity index (χ4n) is 5.26. The van der Waals surface area contributed by atoms with Gasteiger partial charge in [-0.3, -0.25) is 9.78 Å². The highest BCUT2D eigenvalue weighted by Crippen LogP contribution is 2.48. The molecule has 0 bridgehead atoms. The van der Waals surface area contributed by atoms with Crippen molar-refractivity contribution in [2.75, 3.05) is 7.05 Å². The first kappa shape index (κ1) is 19.8. The van der Waals surface area contributed by atoms with Crippen LogP contribution in [0.25, 0.3) is 17.2 Å². The minimum Gasteiger partial charge on any atom is -0.342 e. The van der Waals surface area contributed by atoms with Gasteiger partial charge in [-0.05, 0) is 54.5 Å². The molecular weight excluding hydrogens is 363 g/mol. The van der Waals surface area contributed by atoms with Gasteiger partial charge < -0.3 is 4.90 Å². The van der Waals surface area contributed by atoms with Crippen LogP contribution >= 0.6 is 0 Å². The molecule has 0 aliphatic heterocycles. The smallest absolute Gasteiger partial charge is 0.219 e. The maximum atomic E-state index is 13.5. The van der Waals surface area contributed by atoms with E-state index >= 15 is 0 Å². The molecule has 1 amide bonds. The van der Waals surface area contributed by atoms with Crippen molar-refractivity contribution in [1.29, 1.82) is 0 Å². The second-order valence-electron chi connectivity index (χ2n) is 8.56. The van der Waals surface area contributed by atoms with E-state index in [1.54, 1.807) is 19.2 Å². The van der Waals surface area contributed by atoms with Gasteiger partial charge in [-0.25, -0.2) is 4.39 Å². The second kappa shape index (κ2) is 8.48. The summed E-state index contributed by atoms with van der Waals surface area (Å²) in [4.78, 5) is 18.5. The predicted octanol–water partition coefficient (Wildman–Crippen LogP) is 5.57. The molecule has 2 fully saturated rings. The number of aromatic nitrogens is 1. The van der Waals surface area contributed by atoms with Crippen LogP contribution in [0.4, 0.5) is 4.39 Å². The van der Waals surface area contributed by atoms with E-state index in [9.17, 15) is 9.18 Å². The zero-order chi connectivity index (χ0) is 20.4. The van der Waals surface area contributed by atoms with Crippen LogP contribution in [0.2, 0.25) is 0 Å². The minimum atomic E-state index is -0.240. The highest BCUT2D eigenvalue weighted by atomic mass is 19.1. The summed E-state index contributed by atoms with van der Waals surface area (Å²) in [5, 5.41) is 0. The molecule has 1 aromatic heterocycles. The van der Waals surface area contributed by atoms with Crippen LogP contribution in [0.15, 0.2) is 48.7 Å². The molecule has 152 valence electrons. The Hall–Kier alpha value is -2.49. The molecule has 29 heavy (non-hydrogen) atoms. The molecule has 0 N–H and O–H groups in total. The third kappa shape index (κ3) is 4.26. The van der Waals surface area contributed by atoms with Crippen molar-refractivity contribution in [3.8, 4) is 11.1 Å². The summed E-state index contributed by atoms with van der Waals surface area (Å²) in [5.74, 6) is 1.69. The number of rotatable bonds is 4. The van der Waals surface area contributed by atoms with Gasteiger partial charge in [0.2, 0.25) is 5.91 Å². The molecule has 4 rings (SSSR count). The summed E-state index contributed by atoms with van der Waals surface area (Å²) in [6, 6.07) is 10.8. The topological polar surface area (TPSA) is 33.2 Å². The summed E-state index contributed by atoms with van der Waals surface area (Å²) < 4.78 is 13.5. The maximum Gasteiger partial charge on any atom is 0.219 e. The van der Waals surface area contributed by atoms with Crippen LogP contribution in [-0.2, 0) is 4.79 Å². The van der Waals surface area contributed by atoms with Crippen molar-refractivity contribution < 1.29 is 9.18 Å². The summed E-state index contributed by atoms with van der Waals surface area (Å²) in [5.41, 5.74) is 2.63. The Morgan fingerprint density at radius 3 is 2.72 bits per heavy atom. The summed E-state index contributed by atoms with van der Waals surface area (Å²) in [6.07, 6.45) is 12.4. The van der Waals surface area contributed by atoms with Gasteiger partial charge >= 0.3 is 0 Å². The molecule has 0 saturated heterocycles. The number of fused-ring (bicyclic) bond motifs is 1. The first-order valence-electron chi connectivity index (χ1n) is 10.7. The first-order chi connectivity index (χ1) is 14.0. The lowest BCUT2D eigenvalue weighted by atomic mass is 9.78. The predicted molar refractivity (Wildman–Crippen MR) is 114 cm³/mol. The quantitative estimate of drug-likeness (QED) is 0.681. The van der Waals surface area contributed by atoms with Gasteiger partial charge in [-0.2, -0.15) is 0 Å². The number of nitrogens with zero attached hydrogens (tertiary/aromatic N) is 2. The Kier molecular flexibility index (Phi) is 5.79. The molecule has 2 aliphatic carbocycles. The van der Waals surface area contributed by atoms with Gasteiger partial charge in [-0.15, -0.1) is 0 Å². The number of hydrogen-bond donors (Lipinski definition) is 0. The summed E-state index contributed by atoms with van der Waals surface area (Å²) in [6.45, 7) is 1.66. The van der Waals surface area contributed by atoms with Crippen molar-refractivity contribution in [3.63, 3.8) is 0 Å². The zero-order valence-electron chi connectivity index (χ0n) is 17.2. The first-order valence-corrected chi connectivity index (χ1v) is 10.7. The fourth-order valence-corrected chi connectivity index (χ4v) is 5.26. The third-order valence-corrected chi connectivity index (χ3v) is 6.88. The molecule has 1 aromatic carbocycles. The highest BCUT2D eigenvalue weighted by molar-refractivity contribution is 5.73. The monoisotopic (exact) mass is 392 g/mol. The Labute approximate surface area is 172 Å². The molecule has 1 heterocycles. The lowest BCUT2D eigenvalue weighted by Gasteiger charge is -2.31. The van der Waals surface area contributed by atoms with E-state index in [-0.39, 0.29) is 17.8 Å². The van der Waals surface area contributed by atoms with Crippen molar-refractivity contribution in [1.82, 2.24) is 9.88 Å². The van der Waals surface area contributed by atoms with E-state index in [0.29, 0.717) is 11.8 Å². The summed E-state index contributed by atoms with van der Waals surface area (Å²) >= 11 is 0. The number of carbonyl (C=O) groups is 1. The van der Waals surface area contributed by atoms with Gasteiger partial charge in [0.25, 0.3) is 0 Å². The maximum absolute atomic E-state index is 13.5. The number of benzene rings is 1. The van der Waals surface area contributed by atoms with Crippen LogP contribution in [-0.4, -0.2) is 28.9 Å². The molecule has 4 heteroatoms. The Bertz CT molecular complexity index is 892. The van der Waals surface area contributed by atoms with Crippen LogP contribution in [0.1, 0.15) is 44.7 Å². The molecule has 2 aromatic rings. The number of carbonyl (C=O) groups excluding carboxylic acids is 1. The Balaban J connectivity index is 1.53. The van der Waals surface area contributed by atoms with E-state index in [2.05, 4.69) is 17.1 Å². The standard InChI is InChI=1S/C25H29FN2O/c1-17(29)28(2)25-15-19-6-3-4-9-23(19)24(25)13-12-22-11-10-20(16-27-22)18-7-5-8-21(26)14-18/h5,7-8,10-14,16,19,23-25H,3-4,6,9,15H2,1-2H3/t19-,23-,24+,25+/m1/s1. The van der Waals surface area contributed by atoms with Gasteiger partial charge in [0.05, 0.1) is 5.69 Å². The largest absolute Gasteiger partial charge is 0.342 e. The minimum absolute atomic E-state index is 0.143. The lowest BCUT2D eigenvalue weighted by Crippen LogP contribution is -2.38. The normalized spacial score (nSPS) is 26.4. The van der Waals surface area contributed by atoms with Gasteiger partial charge in [0.15, 0.2) is 0 Å². The van der Waals surface area contributed by atoms with E-state index < -0.39 is 0 Å². The van der Waals surface area contributed by atoms with Crippen molar-refractivity contribution in [2.24, 2.45) is 17.8 Å². The molecule has 4 atom stereocenters.